The maximum absolute atomic E-state index is 13.6. The number of anilines is 3. The van der Waals surface area contributed by atoms with Gasteiger partial charge in [-0.1, -0.05) is 0 Å². The van der Waals surface area contributed by atoms with Gasteiger partial charge < -0.3 is 25.2 Å². The van der Waals surface area contributed by atoms with Crippen LogP contribution in [0.3, 0.4) is 0 Å². The third-order valence-corrected chi connectivity index (χ3v) is 5.01. The Balaban J connectivity index is 1.80. The van der Waals surface area contributed by atoms with E-state index in [9.17, 15) is 13.2 Å². The zero-order valence-electron chi connectivity index (χ0n) is 16.4. The lowest BCUT2D eigenvalue weighted by molar-refractivity contribution is -0.140. The Kier molecular flexibility index (Phi) is 5.56. The molecule has 0 aliphatic carbocycles. The van der Waals surface area contributed by atoms with Gasteiger partial charge in [-0.05, 0) is 7.05 Å². The topological polar surface area (TPSA) is 109 Å². The molecule has 0 saturated carbocycles. The largest absolute Gasteiger partial charge is 0.434 e. The maximum Gasteiger partial charge on any atom is 0.434 e. The van der Waals surface area contributed by atoms with Crippen molar-refractivity contribution in [2.75, 3.05) is 75.1 Å². The number of nitrogens with two attached hydrogens (primary N) is 1. The number of likely N-dealkylation sites (N-methyl/N-ethyl adjacent to an activating group) is 1. The lowest BCUT2D eigenvalue weighted by Gasteiger charge is -2.33. The Morgan fingerprint density at radius 1 is 0.900 bits per heavy atom. The van der Waals surface area contributed by atoms with Gasteiger partial charge in [0.25, 0.3) is 0 Å². The third-order valence-electron chi connectivity index (χ3n) is 5.01. The van der Waals surface area contributed by atoms with Crippen LogP contribution in [-0.4, -0.2) is 89.3 Å². The van der Waals surface area contributed by atoms with Crippen LogP contribution in [0.25, 0.3) is 11.4 Å². The Bertz CT molecular complexity index is 897. The quantitative estimate of drug-likeness (QED) is 0.747. The van der Waals surface area contributed by atoms with Gasteiger partial charge in [-0.2, -0.15) is 28.1 Å². The van der Waals surface area contributed by atoms with Gasteiger partial charge in [0.1, 0.15) is 0 Å². The number of morpholine rings is 1. The van der Waals surface area contributed by atoms with Crippen LogP contribution < -0.4 is 15.5 Å². The van der Waals surface area contributed by atoms with E-state index < -0.39 is 17.8 Å². The minimum atomic E-state index is -4.73. The average Bonchev–Trinajstić information content (AvgIpc) is 2.74. The summed E-state index contributed by atoms with van der Waals surface area (Å²) in [4.78, 5) is 26.4. The summed E-state index contributed by atoms with van der Waals surface area (Å²) in [5.41, 5.74) is 3.90. The average molecular weight is 425 g/mol. The predicted molar refractivity (Wildman–Crippen MR) is 103 cm³/mol. The summed E-state index contributed by atoms with van der Waals surface area (Å²) >= 11 is 0. The van der Waals surface area contributed by atoms with E-state index in [0.717, 1.165) is 19.3 Å². The van der Waals surface area contributed by atoms with Gasteiger partial charge >= 0.3 is 6.18 Å². The second-order valence-electron chi connectivity index (χ2n) is 7.14. The highest BCUT2D eigenvalue weighted by Crippen LogP contribution is 2.35. The number of piperazine rings is 1. The van der Waals surface area contributed by atoms with Crippen LogP contribution in [0.2, 0.25) is 0 Å². The van der Waals surface area contributed by atoms with Crippen molar-refractivity contribution in [3.63, 3.8) is 0 Å². The zero-order chi connectivity index (χ0) is 21.3. The normalized spacial score (nSPS) is 18.7. The molecule has 2 N–H and O–H groups in total. The molecule has 2 saturated heterocycles. The Labute approximate surface area is 170 Å². The van der Waals surface area contributed by atoms with Gasteiger partial charge in [0.05, 0.1) is 18.8 Å². The molecule has 13 heteroatoms. The summed E-state index contributed by atoms with van der Waals surface area (Å²) in [6.45, 7) is 4.97. The number of aromatic nitrogens is 5. The molecular weight excluding hydrogens is 403 g/mol. The highest BCUT2D eigenvalue weighted by molar-refractivity contribution is 5.62. The second-order valence-corrected chi connectivity index (χ2v) is 7.14. The first-order valence-corrected chi connectivity index (χ1v) is 9.53. The van der Waals surface area contributed by atoms with Crippen molar-refractivity contribution in [3.8, 4) is 11.4 Å². The molecule has 2 aliphatic rings. The van der Waals surface area contributed by atoms with Gasteiger partial charge in [0.15, 0.2) is 11.5 Å². The number of alkyl halides is 3. The van der Waals surface area contributed by atoms with Crippen LogP contribution in [0, 0.1) is 0 Å². The number of rotatable bonds is 3. The first kappa shape index (κ1) is 20.5. The van der Waals surface area contributed by atoms with Crippen molar-refractivity contribution in [1.29, 1.82) is 0 Å². The summed E-state index contributed by atoms with van der Waals surface area (Å²) in [5.74, 6) is 0.0438. The molecule has 0 radical (unpaired) electrons. The molecule has 0 spiro atoms. The zero-order valence-corrected chi connectivity index (χ0v) is 16.4. The smallest absolute Gasteiger partial charge is 0.378 e. The number of ether oxygens (including phenoxy) is 1. The highest BCUT2D eigenvalue weighted by atomic mass is 19.4. The molecule has 2 aromatic rings. The molecule has 2 aromatic heterocycles. The molecule has 0 unspecified atom stereocenters. The Morgan fingerprint density at radius 2 is 1.50 bits per heavy atom. The first-order chi connectivity index (χ1) is 14.3. The molecule has 162 valence electrons. The first-order valence-electron chi connectivity index (χ1n) is 9.53. The Hall–Kier alpha value is -2.80. The van der Waals surface area contributed by atoms with Crippen LogP contribution in [0.5, 0.6) is 0 Å². The molecule has 30 heavy (non-hydrogen) atoms. The van der Waals surface area contributed by atoms with E-state index >= 15 is 0 Å². The minimum absolute atomic E-state index is 0.132. The fraction of sp³-hybridized carbons (Fsp3) is 0.588. The summed E-state index contributed by atoms with van der Waals surface area (Å²) in [7, 11) is 2.01. The monoisotopic (exact) mass is 425 g/mol. The molecule has 0 atom stereocenters. The Morgan fingerprint density at radius 3 is 2.10 bits per heavy atom. The van der Waals surface area contributed by atoms with E-state index in [1.807, 2.05) is 16.8 Å². The summed E-state index contributed by atoms with van der Waals surface area (Å²) in [5, 5.41) is 0. The van der Waals surface area contributed by atoms with Gasteiger partial charge in [0, 0.05) is 45.5 Å². The van der Waals surface area contributed by atoms with E-state index in [1.165, 1.54) is 0 Å². The summed E-state index contributed by atoms with van der Waals surface area (Å²) in [6.07, 6.45) is -3.72. The molecule has 4 rings (SSSR count). The van der Waals surface area contributed by atoms with Crippen molar-refractivity contribution >= 4 is 17.8 Å². The molecular formula is C17H22F3N9O. The number of nitrogen functional groups attached to an aromatic ring is 1. The van der Waals surface area contributed by atoms with Crippen molar-refractivity contribution in [2.24, 2.45) is 0 Å². The van der Waals surface area contributed by atoms with Crippen LogP contribution in [0.4, 0.5) is 31.0 Å². The summed E-state index contributed by atoms with van der Waals surface area (Å²) in [6, 6.07) is 0. The van der Waals surface area contributed by atoms with Gasteiger partial charge in [0.2, 0.25) is 17.8 Å². The second kappa shape index (κ2) is 8.14. The maximum atomic E-state index is 13.6. The highest BCUT2D eigenvalue weighted by Gasteiger charge is 2.37. The van der Waals surface area contributed by atoms with Crippen LogP contribution in [0.15, 0.2) is 6.20 Å². The standard InChI is InChI=1S/C17H22F3N9O/c1-27-2-4-28(5-3-27)15-24-13(25-16(26-15)29-6-8-30-9-7-29)11-10-22-14(21)23-12(11)17(18,19)20/h10H,2-9H2,1H3,(H2,21,22,23). The molecule has 0 amide bonds. The number of nitrogens with zero attached hydrogens (tertiary/aromatic N) is 8. The van der Waals surface area contributed by atoms with Gasteiger partial charge in [-0.25, -0.2) is 9.97 Å². The van der Waals surface area contributed by atoms with E-state index in [-0.39, 0.29) is 11.4 Å². The van der Waals surface area contributed by atoms with Crippen molar-refractivity contribution < 1.29 is 17.9 Å². The van der Waals surface area contributed by atoms with Crippen molar-refractivity contribution in [1.82, 2.24) is 29.8 Å². The SMILES string of the molecule is CN1CCN(c2nc(-c3cnc(N)nc3C(F)(F)F)nc(N3CCOCC3)n2)CC1. The van der Waals surface area contributed by atoms with Crippen LogP contribution in [-0.2, 0) is 10.9 Å². The summed E-state index contributed by atoms with van der Waals surface area (Å²) < 4.78 is 46.2. The van der Waals surface area contributed by atoms with E-state index in [1.54, 1.807) is 0 Å². The molecule has 2 fully saturated rings. The lowest BCUT2D eigenvalue weighted by Crippen LogP contribution is -2.45. The molecule has 2 aliphatic heterocycles. The molecule has 0 aromatic carbocycles. The van der Waals surface area contributed by atoms with Crippen LogP contribution >= 0.6 is 0 Å². The van der Waals surface area contributed by atoms with Crippen LogP contribution in [0.1, 0.15) is 5.69 Å². The van der Waals surface area contributed by atoms with Gasteiger partial charge in [-0.3, -0.25) is 0 Å². The minimum Gasteiger partial charge on any atom is -0.378 e. The number of halogens is 3. The number of hydrogen-bond acceptors (Lipinski definition) is 10. The van der Waals surface area contributed by atoms with Gasteiger partial charge in [-0.15, -0.1) is 0 Å². The number of hydrogen-bond donors (Lipinski definition) is 1. The van der Waals surface area contributed by atoms with E-state index in [2.05, 4.69) is 29.8 Å². The van der Waals surface area contributed by atoms with E-state index in [0.29, 0.717) is 51.3 Å². The lowest BCUT2D eigenvalue weighted by atomic mass is 10.2. The fourth-order valence-electron chi connectivity index (χ4n) is 3.30. The van der Waals surface area contributed by atoms with E-state index in [4.69, 9.17) is 10.5 Å². The molecule has 10 nitrogen and oxygen atoms in total. The third kappa shape index (κ3) is 4.36. The molecule has 0 bridgehead atoms. The van der Waals surface area contributed by atoms with Crippen molar-refractivity contribution in [2.45, 2.75) is 6.18 Å². The fourth-order valence-corrected chi connectivity index (χ4v) is 3.30. The molecule has 4 heterocycles. The van der Waals surface area contributed by atoms with Crippen molar-refractivity contribution in [3.05, 3.63) is 11.9 Å². The predicted octanol–water partition coefficient (Wildman–Crippen LogP) is 0.518.